The van der Waals surface area contributed by atoms with E-state index in [1.54, 1.807) is 0 Å². The maximum absolute atomic E-state index is 5.52. The maximum Gasteiger partial charge on any atom is 0.104 e. The van der Waals surface area contributed by atoms with Crippen molar-refractivity contribution in [3.05, 3.63) is 6.92 Å². The second-order valence-corrected chi connectivity index (χ2v) is 3.28. The third-order valence-corrected chi connectivity index (χ3v) is 1.66. The lowest BCUT2D eigenvalue weighted by molar-refractivity contribution is -0.0225. The van der Waals surface area contributed by atoms with Crippen molar-refractivity contribution >= 4 is 0 Å². The molecule has 10 heavy (non-hydrogen) atoms. The summed E-state index contributed by atoms with van der Waals surface area (Å²) in [5.74, 6) is 0. The largest absolute Gasteiger partial charge is 0.373 e. The standard InChI is InChI=1S/C8H15O2/c1-4-8(2,3)10-6-7-5-9-7/h7H,1,4-6H2,2-3H3. The summed E-state index contributed by atoms with van der Waals surface area (Å²) in [6, 6.07) is 0. The predicted molar refractivity (Wildman–Crippen MR) is 39.7 cm³/mol. The molecule has 1 aliphatic heterocycles. The second kappa shape index (κ2) is 2.89. The van der Waals surface area contributed by atoms with Gasteiger partial charge in [-0.15, -0.1) is 0 Å². The molecule has 0 spiro atoms. The molecule has 0 saturated carbocycles. The Labute approximate surface area is 62.5 Å². The molecule has 1 rings (SSSR count). The SMILES string of the molecule is [CH2]CC(C)(C)OCC1CO1. The Bertz CT molecular complexity index is 106. The minimum atomic E-state index is -0.0774. The lowest BCUT2D eigenvalue weighted by atomic mass is 10.1. The summed E-state index contributed by atoms with van der Waals surface area (Å²) in [5.41, 5.74) is -0.0774. The van der Waals surface area contributed by atoms with E-state index in [1.807, 2.05) is 13.8 Å². The van der Waals surface area contributed by atoms with Gasteiger partial charge < -0.3 is 9.47 Å². The Morgan fingerprint density at radius 2 is 2.30 bits per heavy atom. The van der Waals surface area contributed by atoms with E-state index < -0.39 is 0 Å². The third kappa shape index (κ3) is 2.67. The summed E-state index contributed by atoms with van der Waals surface area (Å²) < 4.78 is 10.5. The lowest BCUT2D eigenvalue weighted by Crippen LogP contribution is -2.25. The molecule has 1 fully saturated rings. The van der Waals surface area contributed by atoms with Gasteiger partial charge in [0.15, 0.2) is 0 Å². The minimum absolute atomic E-state index is 0.0774. The fourth-order valence-electron chi connectivity index (χ4n) is 0.555. The van der Waals surface area contributed by atoms with Crippen molar-refractivity contribution in [1.29, 1.82) is 0 Å². The van der Waals surface area contributed by atoms with Crippen LogP contribution in [0, 0.1) is 6.92 Å². The average Bonchev–Trinajstić information content (AvgIpc) is 2.66. The first-order valence-electron chi connectivity index (χ1n) is 3.69. The van der Waals surface area contributed by atoms with Gasteiger partial charge in [0, 0.05) is 0 Å². The van der Waals surface area contributed by atoms with Gasteiger partial charge in [-0.25, -0.2) is 0 Å². The van der Waals surface area contributed by atoms with Crippen LogP contribution in [0.5, 0.6) is 0 Å². The number of hydrogen-bond acceptors (Lipinski definition) is 2. The van der Waals surface area contributed by atoms with E-state index in [4.69, 9.17) is 9.47 Å². The van der Waals surface area contributed by atoms with Gasteiger partial charge in [-0.1, -0.05) is 6.92 Å². The Morgan fingerprint density at radius 1 is 1.70 bits per heavy atom. The van der Waals surface area contributed by atoms with Crippen LogP contribution in [0.2, 0.25) is 0 Å². The molecule has 1 heterocycles. The zero-order chi connectivity index (χ0) is 7.61. The highest BCUT2D eigenvalue weighted by atomic mass is 16.6. The monoisotopic (exact) mass is 143 g/mol. The summed E-state index contributed by atoms with van der Waals surface area (Å²) in [5, 5.41) is 0. The Balaban J connectivity index is 2.09. The normalized spacial score (nSPS) is 24.9. The lowest BCUT2D eigenvalue weighted by Gasteiger charge is -2.22. The van der Waals surface area contributed by atoms with Crippen LogP contribution in [-0.2, 0) is 9.47 Å². The molecule has 0 aromatic carbocycles. The van der Waals surface area contributed by atoms with Gasteiger partial charge in [0.2, 0.25) is 0 Å². The number of ether oxygens (including phenoxy) is 2. The van der Waals surface area contributed by atoms with Crippen LogP contribution in [0.4, 0.5) is 0 Å². The molecular formula is C8H15O2. The molecule has 0 aromatic rings. The molecule has 1 atom stereocenters. The molecule has 1 saturated heterocycles. The van der Waals surface area contributed by atoms with Gasteiger partial charge in [-0.3, -0.25) is 0 Å². The predicted octanol–water partition coefficient (Wildman–Crippen LogP) is 1.40. The third-order valence-electron chi connectivity index (χ3n) is 1.66. The van der Waals surface area contributed by atoms with Gasteiger partial charge in [0.25, 0.3) is 0 Å². The fourth-order valence-corrected chi connectivity index (χ4v) is 0.555. The fraction of sp³-hybridized carbons (Fsp3) is 0.875. The topological polar surface area (TPSA) is 21.8 Å². The van der Waals surface area contributed by atoms with Crippen LogP contribution < -0.4 is 0 Å². The average molecular weight is 143 g/mol. The molecule has 1 unspecified atom stereocenters. The van der Waals surface area contributed by atoms with Crippen LogP contribution in [-0.4, -0.2) is 24.9 Å². The maximum atomic E-state index is 5.52. The van der Waals surface area contributed by atoms with Gasteiger partial charge in [-0.05, 0) is 20.3 Å². The molecule has 0 bridgehead atoms. The molecule has 1 aliphatic rings. The van der Waals surface area contributed by atoms with E-state index >= 15 is 0 Å². The molecule has 0 N–H and O–H groups in total. The Hall–Kier alpha value is -0.0800. The van der Waals surface area contributed by atoms with Crippen molar-refractivity contribution in [2.24, 2.45) is 0 Å². The van der Waals surface area contributed by atoms with Crippen molar-refractivity contribution in [1.82, 2.24) is 0 Å². The summed E-state index contributed by atoms with van der Waals surface area (Å²) >= 11 is 0. The second-order valence-electron chi connectivity index (χ2n) is 3.28. The Kier molecular flexibility index (Phi) is 2.32. The molecule has 2 nitrogen and oxygen atoms in total. The van der Waals surface area contributed by atoms with Gasteiger partial charge in [0.1, 0.15) is 6.10 Å². The number of hydrogen-bond donors (Lipinski definition) is 0. The van der Waals surface area contributed by atoms with E-state index in [9.17, 15) is 0 Å². The first-order valence-corrected chi connectivity index (χ1v) is 3.69. The quantitative estimate of drug-likeness (QED) is 0.555. The van der Waals surface area contributed by atoms with Crippen LogP contribution in [0.1, 0.15) is 20.3 Å². The first-order chi connectivity index (χ1) is 4.64. The molecule has 0 amide bonds. The summed E-state index contributed by atoms with van der Waals surface area (Å²) in [6.07, 6.45) is 1.17. The van der Waals surface area contributed by atoms with Gasteiger partial charge in [0.05, 0.1) is 18.8 Å². The van der Waals surface area contributed by atoms with Crippen LogP contribution in [0.25, 0.3) is 0 Å². The van der Waals surface area contributed by atoms with Crippen LogP contribution in [0.15, 0.2) is 0 Å². The number of rotatable bonds is 4. The highest BCUT2D eigenvalue weighted by Gasteiger charge is 2.26. The Morgan fingerprint density at radius 3 is 2.70 bits per heavy atom. The van der Waals surface area contributed by atoms with Crippen molar-refractivity contribution in [2.75, 3.05) is 13.2 Å². The van der Waals surface area contributed by atoms with Crippen LogP contribution >= 0.6 is 0 Å². The zero-order valence-corrected chi connectivity index (χ0v) is 6.72. The zero-order valence-electron chi connectivity index (χ0n) is 6.72. The molecular weight excluding hydrogens is 128 g/mol. The van der Waals surface area contributed by atoms with Gasteiger partial charge in [-0.2, -0.15) is 0 Å². The van der Waals surface area contributed by atoms with E-state index in [2.05, 4.69) is 6.92 Å². The molecule has 0 aliphatic carbocycles. The van der Waals surface area contributed by atoms with Crippen molar-refractivity contribution in [2.45, 2.75) is 32.0 Å². The van der Waals surface area contributed by atoms with E-state index in [1.165, 1.54) is 0 Å². The van der Waals surface area contributed by atoms with E-state index in [0.717, 1.165) is 19.6 Å². The van der Waals surface area contributed by atoms with E-state index in [-0.39, 0.29) is 5.60 Å². The van der Waals surface area contributed by atoms with Gasteiger partial charge >= 0.3 is 0 Å². The summed E-state index contributed by atoms with van der Waals surface area (Å²) in [6.45, 7) is 9.47. The smallest absolute Gasteiger partial charge is 0.104 e. The molecule has 59 valence electrons. The minimum Gasteiger partial charge on any atom is -0.373 e. The molecule has 0 aromatic heterocycles. The summed E-state index contributed by atoms with van der Waals surface area (Å²) in [7, 11) is 0. The molecule has 2 heteroatoms. The first kappa shape index (κ1) is 8.02. The summed E-state index contributed by atoms with van der Waals surface area (Å²) in [4.78, 5) is 0. The highest BCUT2D eigenvalue weighted by molar-refractivity contribution is 4.74. The number of epoxide rings is 1. The van der Waals surface area contributed by atoms with Crippen LogP contribution in [0.3, 0.4) is 0 Å². The van der Waals surface area contributed by atoms with E-state index in [0.29, 0.717) is 6.10 Å². The highest BCUT2D eigenvalue weighted by Crippen LogP contribution is 2.17. The van der Waals surface area contributed by atoms with Crippen molar-refractivity contribution < 1.29 is 9.47 Å². The molecule has 1 radical (unpaired) electrons. The van der Waals surface area contributed by atoms with Crippen molar-refractivity contribution in [3.8, 4) is 0 Å². The van der Waals surface area contributed by atoms with Crippen molar-refractivity contribution in [3.63, 3.8) is 0 Å².